The van der Waals surface area contributed by atoms with E-state index in [2.05, 4.69) is 4.74 Å². The Morgan fingerprint density at radius 2 is 1.79 bits per heavy atom. The largest absolute Gasteiger partial charge is 0.469 e. The molecular formula is C10H18O4. The van der Waals surface area contributed by atoms with Gasteiger partial charge >= 0.3 is 5.97 Å². The fraction of sp³-hybridized carbons (Fsp3) is 0.800. The smallest absolute Gasteiger partial charge is 0.306 e. The molecule has 0 aliphatic carbocycles. The molecule has 0 rings (SSSR count). The average molecular weight is 202 g/mol. The summed E-state index contributed by atoms with van der Waals surface area (Å²) in [5.41, 5.74) is 0. The van der Waals surface area contributed by atoms with E-state index in [0.29, 0.717) is 0 Å². The second-order valence-electron chi connectivity index (χ2n) is 3.68. The van der Waals surface area contributed by atoms with Crippen molar-refractivity contribution in [2.45, 2.75) is 33.3 Å². The molecule has 0 aromatic rings. The van der Waals surface area contributed by atoms with E-state index >= 15 is 0 Å². The molecule has 0 unspecified atom stereocenters. The van der Waals surface area contributed by atoms with Crippen LogP contribution in [-0.4, -0.2) is 30.1 Å². The Morgan fingerprint density at radius 1 is 1.29 bits per heavy atom. The molecule has 14 heavy (non-hydrogen) atoms. The summed E-state index contributed by atoms with van der Waals surface area (Å²) >= 11 is 0. The predicted molar refractivity (Wildman–Crippen MR) is 51.6 cm³/mol. The van der Waals surface area contributed by atoms with Crippen LogP contribution in [0, 0.1) is 11.8 Å². The summed E-state index contributed by atoms with van der Waals surface area (Å²) in [6, 6.07) is 0. The van der Waals surface area contributed by atoms with Gasteiger partial charge in [-0.25, -0.2) is 0 Å². The van der Waals surface area contributed by atoms with Crippen molar-refractivity contribution in [2.24, 2.45) is 11.8 Å². The molecule has 0 fully saturated rings. The highest BCUT2D eigenvalue weighted by Crippen LogP contribution is 2.16. The number of esters is 1. The van der Waals surface area contributed by atoms with E-state index in [0.717, 1.165) is 0 Å². The lowest BCUT2D eigenvalue weighted by molar-refractivity contribution is -0.146. The zero-order valence-corrected chi connectivity index (χ0v) is 9.11. The Morgan fingerprint density at radius 3 is 2.07 bits per heavy atom. The van der Waals surface area contributed by atoms with Crippen molar-refractivity contribution in [3.8, 4) is 0 Å². The molecule has 0 bridgehead atoms. The molecule has 4 nitrogen and oxygen atoms in total. The summed E-state index contributed by atoms with van der Waals surface area (Å²) in [4.78, 5) is 22.5. The lowest BCUT2D eigenvalue weighted by atomic mass is 9.88. The van der Waals surface area contributed by atoms with Crippen LogP contribution in [0.25, 0.3) is 0 Å². The number of carbonyl (C=O) groups is 2. The van der Waals surface area contributed by atoms with Gasteiger partial charge in [0, 0.05) is 5.92 Å². The number of carbonyl (C=O) groups excluding carboxylic acids is 2. The molecule has 0 saturated heterocycles. The highest BCUT2D eigenvalue weighted by molar-refractivity contribution is 5.87. The minimum atomic E-state index is -0.816. The van der Waals surface area contributed by atoms with E-state index in [-0.39, 0.29) is 18.1 Å². The zero-order valence-electron chi connectivity index (χ0n) is 9.11. The lowest BCUT2D eigenvalue weighted by Gasteiger charge is -2.19. The van der Waals surface area contributed by atoms with E-state index < -0.39 is 18.0 Å². The van der Waals surface area contributed by atoms with Crippen molar-refractivity contribution in [1.82, 2.24) is 0 Å². The number of aliphatic hydroxyl groups is 1. The highest BCUT2D eigenvalue weighted by Gasteiger charge is 2.28. The van der Waals surface area contributed by atoms with Gasteiger partial charge in [-0.3, -0.25) is 9.59 Å². The number of aliphatic hydroxyl groups excluding tert-OH is 1. The number of Topliss-reactive ketones (excluding diaryl/α,β-unsaturated/α-hetero) is 1. The SMILES string of the molecule is COC(=O)C[C@H](C(=O)C(C)C)[C@@H](C)O. The fourth-order valence-electron chi connectivity index (χ4n) is 1.20. The van der Waals surface area contributed by atoms with Crippen molar-refractivity contribution in [3.63, 3.8) is 0 Å². The molecule has 0 amide bonds. The van der Waals surface area contributed by atoms with Gasteiger partial charge in [-0.1, -0.05) is 13.8 Å². The molecule has 82 valence electrons. The number of ketones is 1. The van der Waals surface area contributed by atoms with E-state index in [1.807, 2.05) is 0 Å². The van der Waals surface area contributed by atoms with Gasteiger partial charge in [0.25, 0.3) is 0 Å². The third kappa shape index (κ3) is 3.87. The molecule has 4 heteroatoms. The highest BCUT2D eigenvalue weighted by atomic mass is 16.5. The van der Waals surface area contributed by atoms with Crippen LogP contribution in [0.4, 0.5) is 0 Å². The second kappa shape index (κ2) is 5.75. The zero-order chi connectivity index (χ0) is 11.3. The molecule has 0 heterocycles. The average Bonchev–Trinajstić information content (AvgIpc) is 2.11. The molecular weight excluding hydrogens is 184 g/mol. The standard InChI is InChI=1S/C10H18O4/c1-6(2)10(13)8(7(3)11)5-9(12)14-4/h6-8,11H,5H2,1-4H3/t7-,8+/m1/s1. The third-order valence-corrected chi connectivity index (χ3v) is 2.13. The maximum Gasteiger partial charge on any atom is 0.306 e. The topological polar surface area (TPSA) is 63.6 Å². The van der Waals surface area contributed by atoms with Gasteiger partial charge in [-0.15, -0.1) is 0 Å². The van der Waals surface area contributed by atoms with Gasteiger partial charge < -0.3 is 9.84 Å². The molecule has 0 aliphatic heterocycles. The lowest BCUT2D eigenvalue weighted by Crippen LogP contribution is -2.31. The summed E-state index contributed by atoms with van der Waals surface area (Å²) in [7, 11) is 1.27. The van der Waals surface area contributed by atoms with Crippen molar-refractivity contribution in [1.29, 1.82) is 0 Å². The van der Waals surface area contributed by atoms with Gasteiger partial charge in [0.05, 0.1) is 25.6 Å². The summed E-state index contributed by atoms with van der Waals surface area (Å²) < 4.78 is 4.46. The van der Waals surface area contributed by atoms with Crippen LogP contribution in [0.1, 0.15) is 27.2 Å². The quantitative estimate of drug-likeness (QED) is 0.669. The summed E-state index contributed by atoms with van der Waals surface area (Å²) in [6.45, 7) is 5.00. The van der Waals surface area contributed by atoms with Crippen molar-refractivity contribution >= 4 is 11.8 Å². The number of hydrogen-bond acceptors (Lipinski definition) is 4. The molecule has 0 aliphatic rings. The molecule has 0 saturated carbocycles. The molecule has 2 atom stereocenters. The van der Waals surface area contributed by atoms with Crippen LogP contribution in [0.3, 0.4) is 0 Å². The van der Waals surface area contributed by atoms with Gasteiger partial charge in [-0.2, -0.15) is 0 Å². The maximum absolute atomic E-state index is 11.6. The van der Waals surface area contributed by atoms with E-state index in [9.17, 15) is 14.7 Å². The van der Waals surface area contributed by atoms with E-state index in [1.54, 1.807) is 13.8 Å². The Labute approximate surface area is 84.3 Å². The van der Waals surface area contributed by atoms with Crippen LogP contribution < -0.4 is 0 Å². The van der Waals surface area contributed by atoms with Crippen LogP contribution >= 0.6 is 0 Å². The van der Waals surface area contributed by atoms with Gasteiger partial charge in [-0.05, 0) is 6.92 Å². The Bertz CT molecular complexity index is 208. The number of ether oxygens (including phenoxy) is 1. The van der Waals surface area contributed by atoms with Crippen molar-refractivity contribution < 1.29 is 19.4 Å². The number of methoxy groups -OCH3 is 1. The van der Waals surface area contributed by atoms with E-state index in [4.69, 9.17) is 0 Å². The van der Waals surface area contributed by atoms with Gasteiger partial charge in [0.2, 0.25) is 0 Å². The van der Waals surface area contributed by atoms with E-state index in [1.165, 1.54) is 14.0 Å². The second-order valence-corrected chi connectivity index (χ2v) is 3.68. The van der Waals surface area contributed by atoms with Gasteiger partial charge in [0.15, 0.2) is 0 Å². The summed E-state index contributed by atoms with van der Waals surface area (Å²) in [5, 5.41) is 9.35. The first-order valence-electron chi connectivity index (χ1n) is 4.68. The summed E-state index contributed by atoms with van der Waals surface area (Å²) in [6.07, 6.45) is -0.866. The van der Waals surface area contributed by atoms with Crippen molar-refractivity contribution in [3.05, 3.63) is 0 Å². The van der Waals surface area contributed by atoms with Crippen LogP contribution in [0.15, 0.2) is 0 Å². The molecule has 0 aromatic carbocycles. The third-order valence-electron chi connectivity index (χ3n) is 2.13. The molecule has 0 spiro atoms. The minimum absolute atomic E-state index is 0.0504. The van der Waals surface area contributed by atoms with Crippen LogP contribution in [-0.2, 0) is 14.3 Å². The Kier molecular flexibility index (Phi) is 5.38. The van der Waals surface area contributed by atoms with Crippen LogP contribution in [0.5, 0.6) is 0 Å². The first-order chi connectivity index (χ1) is 6.40. The molecule has 1 N–H and O–H groups in total. The maximum atomic E-state index is 11.6. The van der Waals surface area contributed by atoms with Crippen molar-refractivity contribution in [2.75, 3.05) is 7.11 Å². The van der Waals surface area contributed by atoms with Crippen LogP contribution in [0.2, 0.25) is 0 Å². The molecule has 0 radical (unpaired) electrons. The Balaban J connectivity index is 4.45. The summed E-state index contributed by atoms with van der Waals surface area (Å²) in [5.74, 6) is -1.41. The monoisotopic (exact) mass is 202 g/mol. The first kappa shape index (κ1) is 13.1. The predicted octanol–water partition coefficient (Wildman–Crippen LogP) is 0.772. The Hall–Kier alpha value is -0.900. The molecule has 0 aromatic heterocycles. The first-order valence-corrected chi connectivity index (χ1v) is 4.68. The normalized spacial score (nSPS) is 15.0. The fourth-order valence-corrected chi connectivity index (χ4v) is 1.20. The number of rotatable bonds is 5. The number of hydrogen-bond donors (Lipinski definition) is 1. The minimum Gasteiger partial charge on any atom is -0.469 e. The van der Waals surface area contributed by atoms with Gasteiger partial charge in [0.1, 0.15) is 5.78 Å².